The third kappa shape index (κ3) is 2.48. The molecule has 7 heteroatoms. The highest BCUT2D eigenvalue weighted by molar-refractivity contribution is 5.98. The van der Waals surface area contributed by atoms with E-state index in [0.717, 1.165) is 33.7 Å². The van der Waals surface area contributed by atoms with Crippen molar-refractivity contribution in [2.24, 2.45) is 0 Å². The molecule has 1 saturated carbocycles. The van der Waals surface area contributed by atoms with E-state index in [-0.39, 0.29) is 5.91 Å². The number of aromatic amines is 1. The molecular formula is C18H18N6O. The predicted octanol–water partition coefficient (Wildman–Crippen LogP) is 2.91. The lowest BCUT2D eigenvalue weighted by Crippen LogP contribution is -2.27. The van der Waals surface area contributed by atoms with Crippen molar-refractivity contribution in [2.75, 3.05) is 10.6 Å². The van der Waals surface area contributed by atoms with Crippen molar-refractivity contribution >= 4 is 34.4 Å². The maximum absolute atomic E-state index is 11.7. The van der Waals surface area contributed by atoms with Crippen molar-refractivity contribution < 1.29 is 4.79 Å². The summed E-state index contributed by atoms with van der Waals surface area (Å²) in [6.07, 6.45) is 5.52. The van der Waals surface area contributed by atoms with E-state index in [1.165, 1.54) is 19.3 Å². The first kappa shape index (κ1) is 14.3. The van der Waals surface area contributed by atoms with Crippen LogP contribution < -0.4 is 16.0 Å². The van der Waals surface area contributed by atoms with Gasteiger partial charge in [-0.2, -0.15) is 9.97 Å². The highest BCUT2D eigenvalue weighted by Gasteiger charge is 2.21. The summed E-state index contributed by atoms with van der Waals surface area (Å²) in [4.78, 5) is 24.0. The Hall–Kier alpha value is -3.09. The number of fused-ring (bicyclic) bond motifs is 2. The summed E-state index contributed by atoms with van der Waals surface area (Å²) in [5.41, 5.74) is 3.40. The van der Waals surface area contributed by atoms with E-state index in [1.807, 2.05) is 30.5 Å². The number of carbonyl (C=O) groups is 1. The van der Waals surface area contributed by atoms with Crippen molar-refractivity contribution in [3.05, 3.63) is 41.6 Å². The van der Waals surface area contributed by atoms with Gasteiger partial charge >= 0.3 is 0 Å². The Morgan fingerprint density at radius 3 is 2.92 bits per heavy atom. The summed E-state index contributed by atoms with van der Waals surface area (Å²) in [5.74, 6) is 1.38. The molecule has 4 N–H and O–H groups in total. The lowest BCUT2D eigenvalue weighted by molar-refractivity contribution is 0.0966. The van der Waals surface area contributed by atoms with Gasteiger partial charge in [-0.05, 0) is 49.1 Å². The summed E-state index contributed by atoms with van der Waals surface area (Å²) in [5, 5.41) is 10.6. The first-order valence-electron chi connectivity index (χ1n) is 8.56. The summed E-state index contributed by atoms with van der Waals surface area (Å²) < 4.78 is 0. The van der Waals surface area contributed by atoms with Gasteiger partial charge in [-0.3, -0.25) is 4.79 Å². The Balaban J connectivity index is 1.47. The minimum atomic E-state index is -0.0161. The Labute approximate surface area is 144 Å². The third-order valence-electron chi connectivity index (χ3n) is 4.91. The molecule has 1 aliphatic heterocycles. The number of hydrogen-bond donors (Lipinski definition) is 4. The smallest absolute Gasteiger partial charge is 0.251 e. The van der Waals surface area contributed by atoms with Crippen molar-refractivity contribution in [2.45, 2.75) is 31.8 Å². The van der Waals surface area contributed by atoms with E-state index >= 15 is 0 Å². The van der Waals surface area contributed by atoms with Gasteiger partial charge in [0.25, 0.3) is 5.91 Å². The van der Waals surface area contributed by atoms with Crippen molar-refractivity contribution in [3.8, 4) is 0 Å². The zero-order valence-corrected chi connectivity index (χ0v) is 13.6. The van der Waals surface area contributed by atoms with E-state index < -0.39 is 0 Å². The molecule has 2 aliphatic rings. The Bertz CT molecular complexity index is 975. The summed E-state index contributed by atoms with van der Waals surface area (Å²) in [7, 11) is 0. The second kappa shape index (κ2) is 5.47. The Morgan fingerprint density at radius 1 is 1.16 bits per heavy atom. The van der Waals surface area contributed by atoms with Crippen LogP contribution >= 0.6 is 0 Å². The van der Waals surface area contributed by atoms with Crippen LogP contribution in [0.2, 0.25) is 0 Å². The van der Waals surface area contributed by atoms with Gasteiger partial charge in [0.05, 0.1) is 5.39 Å². The van der Waals surface area contributed by atoms with E-state index in [9.17, 15) is 4.79 Å². The third-order valence-corrected chi connectivity index (χ3v) is 4.91. The van der Waals surface area contributed by atoms with Crippen LogP contribution in [0.25, 0.3) is 11.0 Å². The number of hydrogen-bond acceptors (Lipinski definition) is 5. The maximum atomic E-state index is 11.7. The second-order valence-corrected chi connectivity index (χ2v) is 6.59. The average Bonchev–Trinajstić information content (AvgIpc) is 3.18. The second-order valence-electron chi connectivity index (χ2n) is 6.59. The molecule has 0 saturated heterocycles. The van der Waals surface area contributed by atoms with Gasteiger partial charge in [0.2, 0.25) is 5.95 Å². The minimum absolute atomic E-state index is 0.0161. The Kier molecular flexibility index (Phi) is 3.12. The quantitative estimate of drug-likeness (QED) is 0.588. The fourth-order valence-electron chi connectivity index (χ4n) is 3.29. The molecule has 2 aromatic heterocycles. The first-order valence-corrected chi connectivity index (χ1v) is 8.56. The molecule has 1 aliphatic carbocycles. The number of nitrogens with one attached hydrogen (secondary N) is 4. The first-order chi connectivity index (χ1) is 12.3. The Morgan fingerprint density at radius 2 is 2.08 bits per heavy atom. The van der Waals surface area contributed by atoms with Gasteiger partial charge in [-0.15, -0.1) is 0 Å². The zero-order chi connectivity index (χ0) is 16.8. The molecule has 3 aromatic rings. The SMILES string of the molecule is O=C1NCc2cc(Nc3nc(NC4CCC4)c4cc[nH]c4n3)ccc21. The number of carbonyl (C=O) groups excluding carboxylic acids is 1. The standard InChI is InChI=1S/C18H18N6O/c25-17-13-5-4-12(8-10(13)9-20-17)22-18-23-15-14(6-7-19-15)16(24-18)21-11-2-1-3-11/h4-8,11H,1-3,9H2,(H,20,25)(H3,19,21,22,23,24). The maximum Gasteiger partial charge on any atom is 0.251 e. The van der Waals surface area contributed by atoms with E-state index in [1.54, 1.807) is 0 Å². The highest BCUT2D eigenvalue weighted by atomic mass is 16.1. The van der Waals surface area contributed by atoms with Crippen LogP contribution in [0.15, 0.2) is 30.5 Å². The largest absolute Gasteiger partial charge is 0.367 e. The zero-order valence-electron chi connectivity index (χ0n) is 13.6. The molecule has 1 amide bonds. The van der Waals surface area contributed by atoms with Crippen molar-refractivity contribution in [1.29, 1.82) is 0 Å². The number of amides is 1. The van der Waals surface area contributed by atoms with Gasteiger partial charge in [0.15, 0.2) is 0 Å². The molecule has 1 aromatic carbocycles. The molecular weight excluding hydrogens is 316 g/mol. The topological polar surface area (TPSA) is 94.7 Å². The lowest BCUT2D eigenvalue weighted by Gasteiger charge is -2.27. The fraction of sp³-hybridized carbons (Fsp3) is 0.278. The van der Waals surface area contributed by atoms with Crippen LogP contribution in [0.4, 0.5) is 17.5 Å². The summed E-state index contributed by atoms with van der Waals surface area (Å²) in [6, 6.07) is 8.17. The summed E-state index contributed by atoms with van der Waals surface area (Å²) in [6.45, 7) is 0.564. The van der Waals surface area contributed by atoms with Crippen LogP contribution in [0.3, 0.4) is 0 Å². The van der Waals surface area contributed by atoms with Crippen LogP contribution in [0, 0.1) is 0 Å². The predicted molar refractivity (Wildman–Crippen MR) is 96.0 cm³/mol. The molecule has 1 fully saturated rings. The van der Waals surface area contributed by atoms with Crippen molar-refractivity contribution in [1.82, 2.24) is 20.3 Å². The molecule has 3 heterocycles. The molecule has 0 unspecified atom stereocenters. The van der Waals surface area contributed by atoms with Crippen LogP contribution in [-0.2, 0) is 6.54 Å². The fourth-order valence-corrected chi connectivity index (χ4v) is 3.29. The molecule has 0 spiro atoms. The lowest BCUT2D eigenvalue weighted by atomic mass is 9.93. The normalized spacial score (nSPS) is 16.4. The molecule has 0 radical (unpaired) electrons. The minimum Gasteiger partial charge on any atom is -0.367 e. The molecule has 0 bridgehead atoms. The summed E-state index contributed by atoms with van der Waals surface area (Å²) >= 11 is 0. The van der Waals surface area contributed by atoms with Crippen LogP contribution in [0.5, 0.6) is 0 Å². The molecule has 126 valence electrons. The number of benzene rings is 1. The van der Waals surface area contributed by atoms with E-state index in [4.69, 9.17) is 0 Å². The molecule has 5 rings (SSSR count). The molecule has 25 heavy (non-hydrogen) atoms. The van der Waals surface area contributed by atoms with Crippen LogP contribution in [0.1, 0.15) is 35.2 Å². The number of nitrogens with zero attached hydrogens (tertiary/aromatic N) is 2. The average molecular weight is 334 g/mol. The van der Waals surface area contributed by atoms with Crippen molar-refractivity contribution in [3.63, 3.8) is 0 Å². The van der Waals surface area contributed by atoms with Gasteiger partial charge in [0.1, 0.15) is 11.5 Å². The number of H-pyrrole nitrogens is 1. The number of rotatable bonds is 4. The van der Waals surface area contributed by atoms with E-state index in [2.05, 4.69) is 30.9 Å². The van der Waals surface area contributed by atoms with E-state index in [0.29, 0.717) is 18.5 Å². The number of aromatic nitrogens is 3. The van der Waals surface area contributed by atoms with Gasteiger partial charge in [0, 0.05) is 30.0 Å². The van der Waals surface area contributed by atoms with Crippen LogP contribution in [-0.4, -0.2) is 26.9 Å². The molecule has 0 atom stereocenters. The highest BCUT2D eigenvalue weighted by Crippen LogP contribution is 2.28. The van der Waals surface area contributed by atoms with Gasteiger partial charge in [-0.25, -0.2) is 0 Å². The monoisotopic (exact) mass is 334 g/mol. The van der Waals surface area contributed by atoms with Gasteiger partial charge in [-0.1, -0.05) is 0 Å². The van der Waals surface area contributed by atoms with Gasteiger partial charge < -0.3 is 20.9 Å². The molecule has 7 nitrogen and oxygen atoms in total. The number of anilines is 3.